The second-order valence-electron chi connectivity index (χ2n) is 7.48. The van der Waals surface area contributed by atoms with Gasteiger partial charge in [-0.2, -0.15) is 0 Å². The molecule has 0 unspecified atom stereocenters. The van der Waals surface area contributed by atoms with Crippen molar-refractivity contribution < 1.29 is 9.59 Å². The van der Waals surface area contributed by atoms with Crippen molar-refractivity contribution in [3.8, 4) is 0 Å². The molecule has 1 N–H and O–H groups in total. The van der Waals surface area contributed by atoms with Gasteiger partial charge in [0, 0.05) is 19.0 Å². The van der Waals surface area contributed by atoms with Crippen molar-refractivity contribution in [2.45, 2.75) is 39.8 Å². The van der Waals surface area contributed by atoms with E-state index in [0.717, 1.165) is 5.69 Å². The Morgan fingerprint density at radius 2 is 1.96 bits per heavy atom. The van der Waals surface area contributed by atoms with E-state index in [4.69, 9.17) is 0 Å². The molecule has 1 aliphatic rings. The maximum absolute atomic E-state index is 13.1. The minimum absolute atomic E-state index is 0.00119. The number of carbonyl (C=O) groups excluding carboxylic acids is 2. The van der Waals surface area contributed by atoms with E-state index >= 15 is 0 Å². The molecule has 0 saturated heterocycles. The Bertz CT molecular complexity index is 862. The molecule has 0 bridgehead atoms. The van der Waals surface area contributed by atoms with Crippen molar-refractivity contribution in [2.75, 3.05) is 23.8 Å². The summed E-state index contributed by atoms with van der Waals surface area (Å²) in [5, 5.41) is 2.90. The smallest absolute Gasteiger partial charge is 0.241 e. The fourth-order valence-electron chi connectivity index (χ4n) is 3.64. The summed E-state index contributed by atoms with van der Waals surface area (Å²) in [5.74, 6) is -0.0624. The number of benzene rings is 2. The van der Waals surface area contributed by atoms with Gasteiger partial charge in [-0.1, -0.05) is 35.9 Å². The molecule has 1 aliphatic heterocycles. The summed E-state index contributed by atoms with van der Waals surface area (Å²) in [6.45, 7) is 7.10. The maximum Gasteiger partial charge on any atom is 0.241 e. The Morgan fingerprint density at radius 3 is 2.70 bits per heavy atom. The molecule has 0 saturated carbocycles. The van der Waals surface area contributed by atoms with Crippen molar-refractivity contribution in [3.05, 3.63) is 59.2 Å². The number of nitrogens with one attached hydrogen (secondary N) is 1. The molecule has 0 aliphatic carbocycles. The average molecular weight is 365 g/mol. The Kier molecular flexibility index (Phi) is 5.61. The van der Waals surface area contributed by atoms with Crippen LogP contribution in [0, 0.1) is 13.8 Å². The van der Waals surface area contributed by atoms with Crippen LogP contribution in [0.5, 0.6) is 0 Å². The van der Waals surface area contributed by atoms with Gasteiger partial charge in [-0.25, -0.2) is 0 Å². The van der Waals surface area contributed by atoms with Crippen LogP contribution in [0.15, 0.2) is 42.5 Å². The number of para-hydroxylation sites is 2. The number of anilines is 2. The molecule has 2 amide bonds. The van der Waals surface area contributed by atoms with Crippen LogP contribution in [0.3, 0.4) is 0 Å². The average Bonchev–Trinajstić information content (AvgIpc) is 2.71. The standard InChI is InChI=1S/C22H27N3O2/c1-15-9-10-18(16(2)11-15)13-24(4)14-22(27)25-17(3)12-21(26)23-19-7-5-6-8-20(19)25/h5-11,17H,12-14H2,1-4H3,(H,23,26)/t17-/m1/s1. The largest absolute Gasteiger partial charge is 0.324 e. The quantitative estimate of drug-likeness (QED) is 0.902. The molecule has 0 aromatic heterocycles. The molecular formula is C22H27N3O2. The number of nitrogens with zero attached hydrogens (tertiary/aromatic N) is 2. The molecule has 0 spiro atoms. The number of amides is 2. The van der Waals surface area contributed by atoms with Gasteiger partial charge in [-0.3, -0.25) is 14.5 Å². The van der Waals surface area contributed by atoms with Crippen molar-refractivity contribution in [3.63, 3.8) is 0 Å². The van der Waals surface area contributed by atoms with Crippen molar-refractivity contribution >= 4 is 23.2 Å². The van der Waals surface area contributed by atoms with Gasteiger partial charge in [0.05, 0.1) is 17.9 Å². The Morgan fingerprint density at radius 1 is 1.22 bits per heavy atom. The summed E-state index contributed by atoms with van der Waals surface area (Å²) in [7, 11) is 1.95. The third-order valence-electron chi connectivity index (χ3n) is 4.97. The molecule has 2 aromatic rings. The first kappa shape index (κ1) is 19.1. The lowest BCUT2D eigenvalue weighted by molar-refractivity contribution is -0.120. The highest BCUT2D eigenvalue weighted by atomic mass is 16.2. The number of carbonyl (C=O) groups is 2. The van der Waals surface area contributed by atoms with Crippen LogP contribution < -0.4 is 10.2 Å². The fourth-order valence-corrected chi connectivity index (χ4v) is 3.64. The summed E-state index contributed by atoms with van der Waals surface area (Å²) >= 11 is 0. The number of aryl methyl sites for hydroxylation is 2. The van der Waals surface area contributed by atoms with Crippen LogP contribution in [0.4, 0.5) is 11.4 Å². The van der Waals surface area contributed by atoms with Crippen LogP contribution in [0.2, 0.25) is 0 Å². The SMILES string of the molecule is Cc1ccc(CN(C)CC(=O)N2c3ccccc3NC(=O)C[C@H]2C)c(C)c1. The van der Waals surface area contributed by atoms with Gasteiger partial charge in [0.1, 0.15) is 0 Å². The summed E-state index contributed by atoms with van der Waals surface area (Å²) in [5.41, 5.74) is 5.15. The molecule has 0 fully saturated rings. The van der Waals surface area contributed by atoms with Gasteiger partial charge in [-0.15, -0.1) is 0 Å². The summed E-state index contributed by atoms with van der Waals surface area (Å²) in [6.07, 6.45) is 0.293. The highest BCUT2D eigenvalue weighted by Crippen LogP contribution is 2.31. The normalized spacial score (nSPS) is 16.7. The lowest BCUT2D eigenvalue weighted by atomic mass is 10.1. The van der Waals surface area contributed by atoms with E-state index in [0.29, 0.717) is 25.2 Å². The molecule has 2 aromatic carbocycles. The van der Waals surface area contributed by atoms with E-state index in [1.807, 2.05) is 43.1 Å². The molecule has 3 rings (SSSR count). The van der Waals surface area contributed by atoms with Gasteiger partial charge in [0.2, 0.25) is 11.8 Å². The Labute approximate surface area is 161 Å². The molecular weight excluding hydrogens is 338 g/mol. The van der Waals surface area contributed by atoms with E-state index in [1.54, 1.807) is 4.90 Å². The van der Waals surface area contributed by atoms with Crippen molar-refractivity contribution in [1.29, 1.82) is 0 Å². The zero-order chi connectivity index (χ0) is 19.6. The van der Waals surface area contributed by atoms with E-state index in [-0.39, 0.29) is 17.9 Å². The van der Waals surface area contributed by atoms with Crippen molar-refractivity contribution in [1.82, 2.24) is 4.90 Å². The fraction of sp³-hybridized carbons (Fsp3) is 0.364. The van der Waals surface area contributed by atoms with Crippen LogP contribution in [-0.2, 0) is 16.1 Å². The first-order valence-electron chi connectivity index (χ1n) is 9.30. The Balaban J connectivity index is 1.77. The van der Waals surface area contributed by atoms with E-state index in [2.05, 4.69) is 37.4 Å². The topological polar surface area (TPSA) is 52.7 Å². The monoisotopic (exact) mass is 365 g/mol. The first-order valence-corrected chi connectivity index (χ1v) is 9.30. The van der Waals surface area contributed by atoms with Crippen LogP contribution in [-0.4, -0.2) is 36.3 Å². The zero-order valence-electron chi connectivity index (χ0n) is 16.5. The second-order valence-corrected chi connectivity index (χ2v) is 7.48. The number of likely N-dealkylation sites (N-methyl/N-ethyl adjacent to an activating group) is 1. The van der Waals surface area contributed by atoms with E-state index < -0.39 is 0 Å². The Hall–Kier alpha value is -2.66. The minimum Gasteiger partial charge on any atom is -0.324 e. The third kappa shape index (κ3) is 4.37. The van der Waals surface area contributed by atoms with Gasteiger partial charge >= 0.3 is 0 Å². The van der Waals surface area contributed by atoms with Crippen molar-refractivity contribution in [2.24, 2.45) is 0 Å². The summed E-state index contributed by atoms with van der Waals surface area (Å²) < 4.78 is 0. The summed E-state index contributed by atoms with van der Waals surface area (Å²) in [6, 6.07) is 13.7. The number of hydrogen-bond acceptors (Lipinski definition) is 3. The van der Waals surface area contributed by atoms with E-state index in [1.165, 1.54) is 16.7 Å². The van der Waals surface area contributed by atoms with Gasteiger partial charge in [0.15, 0.2) is 0 Å². The molecule has 1 atom stereocenters. The molecule has 142 valence electrons. The van der Waals surface area contributed by atoms with Crippen LogP contribution >= 0.6 is 0 Å². The third-order valence-corrected chi connectivity index (χ3v) is 4.97. The molecule has 5 heteroatoms. The predicted molar refractivity (Wildman–Crippen MR) is 109 cm³/mol. The van der Waals surface area contributed by atoms with Crippen LogP contribution in [0.25, 0.3) is 0 Å². The maximum atomic E-state index is 13.1. The van der Waals surface area contributed by atoms with Gasteiger partial charge in [0.25, 0.3) is 0 Å². The number of fused-ring (bicyclic) bond motifs is 1. The van der Waals surface area contributed by atoms with Gasteiger partial charge < -0.3 is 10.2 Å². The van der Waals surface area contributed by atoms with Crippen LogP contribution in [0.1, 0.15) is 30.0 Å². The predicted octanol–water partition coefficient (Wildman–Crippen LogP) is 3.50. The van der Waals surface area contributed by atoms with Gasteiger partial charge in [-0.05, 0) is 51.1 Å². The first-order chi connectivity index (χ1) is 12.8. The molecule has 27 heavy (non-hydrogen) atoms. The molecule has 1 heterocycles. The number of rotatable bonds is 4. The highest BCUT2D eigenvalue weighted by molar-refractivity contribution is 6.04. The zero-order valence-corrected chi connectivity index (χ0v) is 16.5. The number of hydrogen-bond donors (Lipinski definition) is 1. The lowest BCUT2D eigenvalue weighted by Gasteiger charge is -2.30. The molecule has 0 radical (unpaired) electrons. The molecule has 5 nitrogen and oxygen atoms in total. The second kappa shape index (κ2) is 7.92. The highest BCUT2D eigenvalue weighted by Gasteiger charge is 2.29. The van der Waals surface area contributed by atoms with E-state index in [9.17, 15) is 9.59 Å². The summed E-state index contributed by atoms with van der Waals surface area (Å²) in [4.78, 5) is 29.0. The lowest BCUT2D eigenvalue weighted by Crippen LogP contribution is -2.44. The minimum atomic E-state index is -0.185.